The molecule has 1 amide bonds. The van der Waals surface area contributed by atoms with Crippen molar-refractivity contribution in [3.8, 4) is 0 Å². The first-order valence-electron chi connectivity index (χ1n) is 7.08. The summed E-state index contributed by atoms with van der Waals surface area (Å²) in [6, 6.07) is 15.9. The van der Waals surface area contributed by atoms with Crippen molar-refractivity contribution in [2.75, 3.05) is 6.54 Å². The first kappa shape index (κ1) is 15.6. The van der Waals surface area contributed by atoms with Crippen LogP contribution in [0.5, 0.6) is 0 Å². The average Bonchev–Trinajstić information content (AvgIpc) is 2.49. The van der Waals surface area contributed by atoms with Gasteiger partial charge >= 0.3 is 0 Å². The highest BCUT2D eigenvalue weighted by Gasteiger charge is 2.10. The first-order chi connectivity index (χ1) is 10.1. The van der Waals surface area contributed by atoms with E-state index in [2.05, 4.69) is 17.4 Å². The minimum absolute atomic E-state index is 0.00489. The number of aryl methyl sites for hydroxylation is 2. The fourth-order valence-electron chi connectivity index (χ4n) is 2.21. The number of hydrogen-bond acceptors (Lipinski definition) is 1. The van der Waals surface area contributed by atoms with E-state index in [9.17, 15) is 4.79 Å². The average molecular weight is 302 g/mol. The Morgan fingerprint density at radius 3 is 2.57 bits per heavy atom. The summed E-state index contributed by atoms with van der Waals surface area (Å²) in [6.45, 7) is 4.50. The van der Waals surface area contributed by atoms with Gasteiger partial charge in [-0.1, -0.05) is 54.1 Å². The highest BCUT2D eigenvalue weighted by molar-refractivity contribution is 6.21. The predicted molar refractivity (Wildman–Crippen MR) is 87.7 cm³/mol. The van der Waals surface area contributed by atoms with E-state index in [-0.39, 0.29) is 11.3 Å². The second kappa shape index (κ2) is 7.28. The van der Waals surface area contributed by atoms with Gasteiger partial charge in [-0.3, -0.25) is 4.79 Å². The third-order valence-electron chi connectivity index (χ3n) is 3.50. The Bertz CT molecular complexity index is 610. The topological polar surface area (TPSA) is 29.1 Å². The van der Waals surface area contributed by atoms with E-state index in [4.69, 9.17) is 11.6 Å². The molecule has 0 aromatic heterocycles. The Balaban J connectivity index is 1.89. The Labute approximate surface area is 131 Å². The summed E-state index contributed by atoms with van der Waals surface area (Å²) >= 11 is 6.30. The third-order valence-corrected chi connectivity index (χ3v) is 3.90. The van der Waals surface area contributed by atoms with E-state index < -0.39 is 0 Å². The molecule has 0 saturated heterocycles. The molecule has 1 N–H and O–H groups in total. The van der Waals surface area contributed by atoms with Crippen LogP contribution in [0.1, 0.15) is 27.6 Å². The molecule has 1 unspecified atom stereocenters. The van der Waals surface area contributed by atoms with Gasteiger partial charge in [-0.25, -0.2) is 0 Å². The van der Waals surface area contributed by atoms with Crippen molar-refractivity contribution < 1.29 is 4.79 Å². The van der Waals surface area contributed by atoms with Crippen LogP contribution in [0, 0.1) is 13.8 Å². The maximum Gasteiger partial charge on any atom is 0.224 e. The normalized spacial score (nSPS) is 12.0. The Morgan fingerprint density at radius 2 is 1.86 bits per heavy atom. The molecule has 2 rings (SSSR count). The van der Waals surface area contributed by atoms with Crippen LogP contribution >= 0.6 is 11.6 Å². The van der Waals surface area contributed by atoms with Gasteiger partial charge in [0.2, 0.25) is 5.91 Å². The summed E-state index contributed by atoms with van der Waals surface area (Å²) in [7, 11) is 0. The number of hydrogen-bond donors (Lipinski definition) is 1. The fourth-order valence-corrected chi connectivity index (χ4v) is 2.43. The van der Waals surface area contributed by atoms with Crippen LogP contribution < -0.4 is 5.32 Å². The summed E-state index contributed by atoms with van der Waals surface area (Å²) in [6.07, 6.45) is 0.395. The van der Waals surface area contributed by atoms with Gasteiger partial charge in [0.25, 0.3) is 0 Å². The third kappa shape index (κ3) is 4.61. The van der Waals surface area contributed by atoms with Gasteiger partial charge in [0.05, 0.1) is 11.8 Å². The highest BCUT2D eigenvalue weighted by Crippen LogP contribution is 2.18. The minimum atomic E-state index is -0.200. The van der Waals surface area contributed by atoms with Gasteiger partial charge < -0.3 is 5.32 Å². The van der Waals surface area contributed by atoms with Crippen molar-refractivity contribution >= 4 is 17.5 Å². The van der Waals surface area contributed by atoms with Gasteiger partial charge in [-0.15, -0.1) is 11.6 Å². The van der Waals surface area contributed by atoms with E-state index in [0.29, 0.717) is 13.0 Å². The standard InChI is InChI=1S/C18H20ClNO/c1-13-8-9-14(2)16(10-13)11-18(21)20-12-17(19)15-6-4-3-5-7-15/h3-10,17H,11-12H2,1-2H3,(H,20,21). The molecule has 0 aliphatic heterocycles. The zero-order chi connectivity index (χ0) is 15.2. The van der Waals surface area contributed by atoms with Crippen LogP contribution in [0.2, 0.25) is 0 Å². The van der Waals surface area contributed by atoms with Crippen LogP contribution in [-0.4, -0.2) is 12.5 Å². The summed E-state index contributed by atoms with van der Waals surface area (Å²) in [5.74, 6) is 0.00489. The van der Waals surface area contributed by atoms with Crippen molar-refractivity contribution in [3.63, 3.8) is 0 Å². The van der Waals surface area contributed by atoms with Crippen LogP contribution in [0.3, 0.4) is 0 Å². The monoisotopic (exact) mass is 301 g/mol. The highest BCUT2D eigenvalue weighted by atomic mass is 35.5. The van der Waals surface area contributed by atoms with Gasteiger partial charge in [-0.2, -0.15) is 0 Å². The second-order valence-electron chi connectivity index (χ2n) is 5.29. The van der Waals surface area contributed by atoms with Crippen molar-refractivity contribution in [2.24, 2.45) is 0 Å². The Morgan fingerprint density at radius 1 is 1.14 bits per heavy atom. The van der Waals surface area contributed by atoms with Crippen LogP contribution in [0.25, 0.3) is 0 Å². The quantitative estimate of drug-likeness (QED) is 0.833. The molecule has 110 valence electrons. The maximum atomic E-state index is 12.0. The minimum Gasteiger partial charge on any atom is -0.354 e. The van der Waals surface area contributed by atoms with Crippen LogP contribution in [-0.2, 0) is 11.2 Å². The summed E-state index contributed by atoms with van der Waals surface area (Å²) in [5, 5.41) is 2.70. The van der Waals surface area contributed by atoms with E-state index in [1.807, 2.05) is 50.2 Å². The molecule has 1 atom stereocenters. The van der Waals surface area contributed by atoms with Crippen LogP contribution in [0.15, 0.2) is 48.5 Å². The zero-order valence-corrected chi connectivity index (χ0v) is 13.2. The number of alkyl halides is 1. The molecular formula is C18H20ClNO. The van der Waals surface area contributed by atoms with E-state index in [1.54, 1.807) is 0 Å². The number of carbonyl (C=O) groups is 1. The van der Waals surface area contributed by atoms with E-state index in [1.165, 1.54) is 5.56 Å². The van der Waals surface area contributed by atoms with Gasteiger partial charge in [-0.05, 0) is 30.5 Å². The number of benzene rings is 2. The molecule has 0 radical (unpaired) electrons. The molecule has 21 heavy (non-hydrogen) atoms. The maximum absolute atomic E-state index is 12.0. The molecule has 2 aromatic carbocycles. The number of carbonyl (C=O) groups excluding carboxylic acids is 1. The SMILES string of the molecule is Cc1ccc(C)c(CC(=O)NCC(Cl)c2ccccc2)c1. The van der Waals surface area contributed by atoms with Crippen molar-refractivity contribution in [1.29, 1.82) is 0 Å². The fraction of sp³-hybridized carbons (Fsp3) is 0.278. The molecule has 2 nitrogen and oxygen atoms in total. The molecule has 0 heterocycles. The molecule has 0 aliphatic rings. The molecule has 0 saturated carbocycles. The summed E-state index contributed by atoms with van der Waals surface area (Å²) in [4.78, 5) is 12.0. The number of amides is 1. The Kier molecular flexibility index (Phi) is 5.40. The lowest BCUT2D eigenvalue weighted by atomic mass is 10.0. The predicted octanol–water partition coefficient (Wildman–Crippen LogP) is 3.94. The van der Waals surface area contributed by atoms with Crippen molar-refractivity contribution in [3.05, 3.63) is 70.8 Å². The van der Waals surface area contributed by atoms with Gasteiger partial charge in [0.1, 0.15) is 0 Å². The first-order valence-corrected chi connectivity index (χ1v) is 7.52. The molecule has 0 aliphatic carbocycles. The molecule has 0 spiro atoms. The number of halogens is 1. The molecule has 2 aromatic rings. The lowest BCUT2D eigenvalue weighted by molar-refractivity contribution is -0.120. The smallest absolute Gasteiger partial charge is 0.224 e. The summed E-state index contributed by atoms with van der Waals surface area (Å²) in [5.41, 5.74) is 4.40. The van der Waals surface area contributed by atoms with E-state index in [0.717, 1.165) is 16.7 Å². The number of rotatable bonds is 5. The molecule has 0 fully saturated rings. The van der Waals surface area contributed by atoms with Gasteiger partial charge in [0, 0.05) is 6.54 Å². The number of nitrogens with one attached hydrogen (secondary N) is 1. The largest absolute Gasteiger partial charge is 0.354 e. The Hall–Kier alpha value is -1.80. The second-order valence-corrected chi connectivity index (χ2v) is 5.82. The summed E-state index contributed by atoms with van der Waals surface area (Å²) < 4.78 is 0. The molecule has 0 bridgehead atoms. The van der Waals surface area contributed by atoms with Crippen LogP contribution in [0.4, 0.5) is 0 Å². The van der Waals surface area contributed by atoms with Gasteiger partial charge in [0.15, 0.2) is 0 Å². The molecule has 3 heteroatoms. The lowest BCUT2D eigenvalue weighted by Crippen LogP contribution is -2.28. The van der Waals surface area contributed by atoms with Crippen molar-refractivity contribution in [1.82, 2.24) is 5.32 Å². The lowest BCUT2D eigenvalue weighted by Gasteiger charge is -2.12. The van der Waals surface area contributed by atoms with E-state index >= 15 is 0 Å². The molecular weight excluding hydrogens is 282 g/mol. The van der Waals surface area contributed by atoms with Crippen molar-refractivity contribution in [2.45, 2.75) is 25.6 Å². The zero-order valence-electron chi connectivity index (χ0n) is 12.4.